The van der Waals surface area contributed by atoms with Crippen molar-refractivity contribution < 1.29 is 9.13 Å². The van der Waals surface area contributed by atoms with Gasteiger partial charge in [0.2, 0.25) is 0 Å². The number of halogens is 1. The Morgan fingerprint density at radius 1 is 0.880 bits per heavy atom. The van der Waals surface area contributed by atoms with Crippen molar-refractivity contribution in [3.63, 3.8) is 0 Å². The zero-order valence-corrected chi connectivity index (χ0v) is 14.6. The molecule has 3 heteroatoms. The molecule has 0 aromatic heterocycles. The first-order chi connectivity index (χ1) is 12.1. The molecule has 0 fully saturated rings. The molecule has 0 aliphatic rings. The third-order valence-electron chi connectivity index (χ3n) is 4.25. The lowest BCUT2D eigenvalue weighted by molar-refractivity contribution is 0.299. The quantitative estimate of drug-likeness (QED) is 0.630. The van der Waals surface area contributed by atoms with E-state index < -0.39 is 0 Å². The summed E-state index contributed by atoms with van der Waals surface area (Å²) < 4.78 is 19.4. The second-order valence-electron chi connectivity index (χ2n) is 6.18. The molecule has 0 heterocycles. The number of anilines is 1. The highest BCUT2D eigenvalue weighted by atomic mass is 19.1. The lowest BCUT2D eigenvalue weighted by Crippen LogP contribution is -2.01. The fourth-order valence-corrected chi connectivity index (χ4v) is 2.58. The number of hydrogen-bond acceptors (Lipinski definition) is 2. The van der Waals surface area contributed by atoms with Gasteiger partial charge in [-0.15, -0.1) is 0 Å². The highest BCUT2D eigenvalue weighted by molar-refractivity contribution is 5.48. The van der Waals surface area contributed by atoms with E-state index in [0.29, 0.717) is 12.1 Å². The van der Waals surface area contributed by atoms with Gasteiger partial charge in [0.15, 0.2) is 0 Å². The van der Waals surface area contributed by atoms with Gasteiger partial charge >= 0.3 is 0 Å². The van der Waals surface area contributed by atoms with E-state index in [-0.39, 0.29) is 12.4 Å². The number of ether oxygens (including phenoxy) is 1. The van der Waals surface area contributed by atoms with E-state index in [2.05, 4.69) is 37.4 Å². The van der Waals surface area contributed by atoms with Gasteiger partial charge in [-0.3, -0.25) is 0 Å². The van der Waals surface area contributed by atoms with Crippen molar-refractivity contribution in [3.05, 3.63) is 94.8 Å². The van der Waals surface area contributed by atoms with Crippen LogP contribution in [0.15, 0.2) is 66.7 Å². The minimum atomic E-state index is -0.241. The molecule has 0 unspecified atom stereocenters. The van der Waals surface area contributed by atoms with E-state index in [1.54, 1.807) is 12.1 Å². The first-order valence-electron chi connectivity index (χ1n) is 8.38. The number of hydrogen-bond donors (Lipinski definition) is 1. The smallest absolute Gasteiger partial charge is 0.129 e. The van der Waals surface area contributed by atoms with Crippen LogP contribution in [0.1, 0.15) is 22.3 Å². The summed E-state index contributed by atoms with van der Waals surface area (Å²) in [6, 6.07) is 20.9. The van der Waals surface area contributed by atoms with Crippen LogP contribution in [0.5, 0.6) is 5.75 Å². The normalized spacial score (nSPS) is 10.5. The molecule has 0 aliphatic heterocycles. The zero-order chi connectivity index (χ0) is 17.6. The molecule has 2 nitrogen and oxygen atoms in total. The van der Waals surface area contributed by atoms with Crippen LogP contribution in [0, 0.1) is 19.7 Å². The van der Waals surface area contributed by atoms with Crippen molar-refractivity contribution in [1.82, 2.24) is 0 Å². The number of nitrogens with one attached hydrogen (secondary N) is 1. The van der Waals surface area contributed by atoms with Crippen LogP contribution in [-0.2, 0) is 13.2 Å². The van der Waals surface area contributed by atoms with Crippen molar-refractivity contribution in [2.45, 2.75) is 27.0 Å². The monoisotopic (exact) mass is 335 g/mol. The highest BCUT2D eigenvalue weighted by Crippen LogP contribution is 2.19. The predicted octanol–water partition coefficient (Wildman–Crippen LogP) is 5.63. The molecule has 0 aliphatic carbocycles. The molecular formula is C22H22FNO. The van der Waals surface area contributed by atoms with Crippen LogP contribution in [0.4, 0.5) is 10.1 Å². The van der Waals surface area contributed by atoms with Gasteiger partial charge in [-0.1, -0.05) is 36.4 Å². The Kier molecular flexibility index (Phi) is 5.34. The lowest BCUT2D eigenvalue weighted by atomic mass is 10.1. The molecular weight excluding hydrogens is 313 g/mol. The molecule has 0 saturated heterocycles. The third-order valence-corrected chi connectivity index (χ3v) is 4.25. The van der Waals surface area contributed by atoms with E-state index in [0.717, 1.165) is 17.0 Å². The van der Waals surface area contributed by atoms with Crippen LogP contribution in [0.25, 0.3) is 0 Å². The van der Waals surface area contributed by atoms with Gasteiger partial charge in [-0.2, -0.15) is 0 Å². The molecule has 3 rings (SSSR count). The van der Waals surface area contributed by atoms with Gasteiger partial charge in [0.25, 0.3) is 0 Å². The summed E-state index contributed by atoms with van der Waals surface area (Å²) in [4.78, 5) is 0. The Labute approximate surface area is 148 Å². The molecule has 0 amide bonds. The Morgan fingerprint density at radius 3 is 2.52 bits per heavy atom. The summed E-state index contributed by atoms with van der Waals surface area (Å²) in [6.07, 6.45) is 0. The van der Waals surface area contributed by atoms with Crippen LogP contribution in [0.2, 0.25) is 0 Å². The summed E-state index contributed by atoms with van der Waals surface area (Å²) in [7, 11) is 0. The van der Waals surface area contributed by atoms with Crippen molar-refractivity contribution in [2.24, 2.45) is 0 Å². The largest absolute Gasteiger partial charge is 0.489 e. The molecule has 3 aromatic carbocycles. The van der Waals surface area contributed by atoms with Crippen LogP contribution in [0.3, 0.4) is 0 Å². The SMILES string of the molecule is Cc1ccc(NCc2cccc(OCc3ccccc3F)c2)cc1C. The van der Waals surface area contributed by atoms with E-state index >= 15 is 0 Å². The standard InChI is InChI=1S/C22H22FNO/c1-16-10-11-20(12-17(16)2)24-14-18-6-5-8-21(13-18)25-15-19-7-3-4-9-22(19)23/h3-13,24H,14-15H2,1-2H3. The maximum atomic E-state index is 13.7. The van der Waals surface area contributed by atoms with Crippen LogP contribution >= 0.6 is 0 Å². The fraction of sp³-hybridized carbons (Fsp3) is 0.182. The maximum absolute atomic E-state index is 13.7. The zero-order valence-electron chi connectivity index (χ0n) is 14.6. The summed E-state index contributed by atoms with van der Waals surface area (Å²) in [6.45, 7) is 5.15. The average molecular weight is 335 g/mol. The molecule has 0 bridgehead atoms. The van der Waals surface area contributed by atoms with Gasteiger partial charge in [-0.25, -0.2) is 4.39 Å². The second kappa shape index (κ2) is 7.84. The predicted molar refractivity (Wildman–Crippen MR) is 100 cm³/mol. The fourth-order valence-electron chi connectivity index (χ4n) is 2.58. The minimum absolute atomic E-state index is 0.223. The molecule has 0 radical (unpaired) electrons. The van der Waals surface area contributed by atoms with Crippen LogP contribution in [-0.4, -0.2) is 0 Å². The van der Waals surface area contributed by atoms with Crippen LogP contribution < -0.4 is 10.1 Å². The molecule has 0 spiro atoms. The van der Waals surface area contributed by atoms with Gasteiger partial charge in [0.1, 0.15) is 18.2 Å². The average Bonchev–Trinajstić information content (AvgIpc) is 2.62. The van der Waals surface area contributed by atoms with Gasteiger partial charge in [0.05, 0.1) is 0 Å². The molecule has 1 N–H and O–H groups in total. The van der Waals surface area contributed by atoms with E-state index in [9.17, 15) is 4.39 Å². The van der Waals surface area contributed by atoms with Gasteiger partial charge in [-0.05, 0) is 60.9 Å². The Bertz CT molecular complexity index is 860. The van der Waals surface area contributed by atoms with Crippen molar-refractivity contribution in [2.75, 3.05) is 5.32 Å². The van der Waals surface area contributed by atoms with Crippen molar-refractivity contribution >= 4 is 5.69 Å². The number of benzene rings is 3. The lowest BCUT2D eigenvalue weighted by Gasteiger charge is -2.11. The Balaban J connectivity index is 1.61. The summed E-state index contributed by atoms with van der Waals surface area (Å²) in [5.41, 5.74) is 5.33. The van der Waals surface area contributed by atoms with E-state index in [4.69, 9.17) is 4.74 Å². The Morgan fingerprint density at radius 2 is 1.72 bits per heavy atom. The van der Waals surface area contributed by atoms with Gasteiger partial charge < -0.3 is 10.1 Å². The highest BCUT2D eigenvalue weighted by Gasteiger charge is 2.03. The second-order valence-corrected chi connectivity index (χ2v) is 6.18. The van der Waals surface area contributed by atoms with Crippen molar-refractivity contribution in [3.8, 4) is 5.75 Å². The number of rotatable bonds is 6. The molecule has 25 heavy (non-hydrogen) atoms. The first kappa shape index (κ1) is 17.0. The molecule has 0 atom stereocenters. The summed E-state index contributed by atoms with van der Waals surface area (Å²) >= 11 is 0. The minimum Gasteiger partial charge on any atom is -0.489 e. The topological polar surface area (TPSA) is 21.3 Å². The van der Waals surface area contributed by atoms with Gasteiger partial charge in [0, 0.05) is 17.8 Å². The van der Waals surface area contributed by atoms with Crippen molar-refractivity contribution in [1.29, 1.82) is 0 Å². The van der Waals surface area contributed by atoms with E-state index in [1.165, 1.54) is 17.2 Å². The molecule has 3 aromatic rings. The Hall–Kier alpha value is -2.81. The first-order valence-corrected chi connectivity index (χ1v) is 8.38. The molecule has 0 saturated carbocycles. The van der Waals surface area contributed by atoms with E-state index in [1.807, 2.05) is 30.3 Å². The molecule has 128 valence electrons. The summed E-state index contributed by atoms with van der Waals surface area (Å²) in [5.74, 6) is 0.498. The number of aryl methyl sites for hydroxylation is 2. The maximum Gasteiger partial charge on any atom is 0.129 e. The third kappa shape index (κ3) is 4.60. The summed E-state index contributed by atoms with van der Waals surface area (Å²) in [5, 5.41) is 3.42.